The normalized spacial score (nSPS) is 24.5. The first-order valence-electron chi connectivity index (χ1n) is 10.0. The fourth-order valence-corrected chi connectivity index (χ4v) is 4.20. The van der Waals surface area contributed by atoms with Crippen LogP contribution in [0.4, 0.5) is 0 Å². The molecule has 1 aromatic carbocycles. The van der Waals surface area contributed by atoms with E-state index in [4.69, 9.17) is 9.47 Å². The number of ether oxygens (including phenoxy) is 2. The highest BCUT2D eigenvalue weighted by molar-refractivity contribution is 5.87. The minimum atomic E-state index is -0.747. The smallest absolute Gasteiger partial charge is 0.254 e. The van der Waals surface area contributed by atoms with Crippen LogP contribution < -0.4 is 4.74 Å². The molecule has 3 aliphatic rings. The van der Waals surface area contributed by atoms with Crippen molar-refractivity contribution < 1.29 is 19.1 Å². The molecule has 7 nitrogen and oxygen atoms in total. The summed E-state index contributed by atoms with van der Waals surface area (Å²) in [6.45, 7) is 1.30. The molecular weight excluding hydrogens is 370 g/mol. The van der Waals surface area contributed by atoms with Crippen LogP contribution in [0, 0.1) is 0 Å². The number of aromatic nitrogens is 1. The van der Waals surface area contributed by atoms with E-state index in [1.165, 1.54) is 0 Å². The van der Waals surface area contributed by atoms with Gasteiger partial charge in [0.15, 0.2) is 6.10 Å². The summed E-state index contributed by atoms with van der Waals surface area (Å²) in [5, 5.41) is 0. The van der Waals surface area contributed by atoms with Crippen LogP contribution in [0.15, 0.2) is 48.8 Å². The van der Waals surface area contributed by atoms with Gasteiger partial charge in [-0.05, 0) is 30.5 Å². The van der Waals surface area contributed by atoms with Gasteiger partial charge in [-0.25, -0.2) is 0 Å². The van der Waals surface area contributed by atoms with Crippen molar-refractivity contribution in [2.24, 2.45) is 0 Å². The second-order valence-corrected chi connectivity index (χ2v) is 7.71. The van der Waals surface area contributed by atoms with Crippen LogP contribution in [0.5, 0.6) is 5.75 Å². The Balaban J connectivity index is 1.46. The van der Waals surface area contributed by atoms with Gasteiger partial charge in [0.05, 0.1) is 12.6 Å². The Labute approximate surface area is 169 Å². The summed E-state index contributed by atoms with van der Waals surface area (Å²) < 4.78 is 11.7. The Morgan fingerprint density at radius 2 is 2.00 bits per heavy atom. The monoisotopic (exact) mass is 393 g/mol. The van der Waals surface area contributed by atoms with Gasteiger partial charge in [0.2, 0.25) is 5.91 Å². The lowest BCUT2D eigenvalue weighted by Gasteiger charge is -2.42. The van der Waals surface area contributed by atoms with E-state index in [1.54, 1.807) is 17.3 Å². The van der Waals surface area contributed by atoms with Crippen molar-refractivity contribution in [3.63, 3.8) is 0 Å². The molecule has 7 heteroatoms. The molecule has 0 bridgehead atoms. The molecule has 29 heavy (non-hydrogen) atoms. The number of amides is 2. The molecule has 0 unspecified atom stereocenters. The number of rotatable bonds is 3. The van der Waals surface area contributed by atoms with Gasteiger partial charge >= 0.3 is 0 Å². The van der Waals surface area contributed by atoms with Gasteiger partial charge in [-0.3, -0.25) is 14.6 Å². The maximum absolute atomic E-state index is 13.6. The average Bonchev–Trinajstić information content (AvgIpc) is 3.60. The van der Waals surface area contributed by atoms with Gasteiger partial charge in [-0.2, -0.15) is 0 Å². The lowest BCUT2D eigenvalue weighted by molar-refractivity contribution is -0.170. The molecule has 2 aromatic rings. The Kier molecular flexibility index (Phi) is 4.67. The van der Waals surface area contributed by atoms with E-state index in [0.717, 1.165) is 29.7 Å². The third-order valence-corrected chi connectivity index (χ3v) is 5.73. The van der Waals surface area contributed by atoms with Crippen LogP contribution in [0.2, 0.25) is 0 Å². The van der Waals surface area contributed by atoms with Crippen LogP contribution in [0.1, 0.15) is 30.0 Å². The summed E-state index contributed by atoms with van der Waals surface area (Å²) in [5.74, 6) is 0.637. The number of carbonyl (C=O) groups excluding carboxylic acids is 2. The van der Waals surface area contributed by atoms with Crippen LogP contribution in [0.25, 0.3) is 0 Å². The second-order valence-electron chi connectivity index (χ2n) is 7.71. The van der Waals surface area contributed by atoms with Gasteiger partial charge in [0.25, 0.3) is 5.91 Å². The van der Waals surface area contributed by atoms with Crippen molar-refractivity contribution in [1.82, 2.24) is 14.8 Å². The van der Waals surface area contributed by atoms with E-state index < -0.39 is 12.1 Å². The van der Waals surface area contributed by atoms with Gasteiger partial charge in [-0.1, -0.05) is 24.3 Å². The Hall–Kier alpha value is -2.93. The Morgan fingerprint density at radius 3 is 2.79 bits per heavy atom. The highest BCUT2D eigenvalue weighted by Crippen LogP contribution is 2.40. The minimum absolute atomic E-state index is 0.0602. The van der Waals surface area contributed by atoms with Crippen LogP contribution >= 0.6 is 0 Å². The summed E-state index contributed by atoms with van der Waals surface area (Å²) in [5.41, 5.74) is 1.81. The Bertz CT molecular complexity index is 915. The second kappa shape index (κ2) is 7.48. The molecular formula is C22H23N3O4. The highest BCUT2D eigenvalue weighted by atomic mass is 16.5. The topological polar surface area (TPSA) is 72.0 Å². The summed E-state index contributed by atoms with van der Waals surface area (Å²) in [6.07, 6.45) is 4.60. The molecule has 0 radical (unpaired) electrons. The SMILES string of the molecule is O=C([C@H]1OCC(=O)N(C2CC2)[C@@H]1c1cccnc1)N1CCOc2ccccc2C1. The third kappa shape index (κ3) is 3.46. The number of nitrogens with zero attached hydrogens (tertiary/aromatic N) is 3. The van der Waals surface area contributed by atoms with E-state index >= 15 is 0 Å². The lowest BCUT2D eigenvalue weighted by Crippen LogP contribution is -2.55. The standard InChI is InChI=1S/C22H23N3O4/c26-19-14-29-21(20(25(19)17-7-8-17)15-5-3-9-23-12-15)22(27)24-10-11-28-18-6-2-1-4-16(18)13-24/h1-6,9,12,17,20-21H,7-8,10-11,13-14H2/t20-,21+/m1/s1. The number of fused-ring (bicyclic) bond motifs is 1. The van der Waals surface area contributed by atoms with E-state index in [2.05, 4.69) is 4.98 Å². The minimum Gasteiger partial charge on any atom is -0.491 e. The highest BCUT2D eigenvalue weighted by Gasteiger charge is 2.48. The first-order valence-corrected chi connectivity index (χ1v) is 10.0. The molecule has 2 aliphatic heterocycles. The van der Waals surface area contributed by atoms with E-state index in [0.29, 0.717) is 19.7 Å². The van der Waals surface area contributed by atoms with Gasteiger partial charge in [-0.15, -0.1) is 0 Å². The van der Waals surface area contributed by atoms with E-state index in [1.807, 2.05) is 41.3 Å². The predicted molar refractivity (Wildman–Crippen MR) is 104 cm³/mol. The molecule has 3 heterocycles. The predicted octanol–water partition coefficient (Wildman–Crippen LogP) is 1.93. The van der Waals surface area contributed by atoms with Crippen LogP contribution in [-0.4, -0.2) is 58.5 Å². The van der Waals surface area contributed by atoms with Gasteiger partial charge in [0.1, 0.15) is 19.0 Å². The summed E-state index contributed by atoms with van der Waals surface area (Å²) in [7, 11) is 0. The van der Waals surface area contributed by atoms with Crippen molar-refractivity contribution in [2.45, 2.75) is 37.6 Å². The summed E-state index contributed by atoms with van der Waals surface area (Å²) >= 11 is 0. The number of carbonyl (C=O) groups is 2. The quantitative estimate of drug-likeness (QED) is 0.797. The first kappa shape index (κ1) is 18.1. The van der Waals surface area contributed by atoms with Crippen molar-refractivity contribution in [1.29, 1.82) is 0 Å². The molecule has 150 valence electrons. The number of morpholine rings is 1. The molecule has 1 aliphatic carbocycles. The van der Waals surface area contributed by atoms with Crippen molar-refractivity contribution >= 4 is 11.8 Å². The zero-order chi connectivity index (χ0) is 19.8. The molecule has 1 saturated heterocycles. The fraction of sp³-hybridized carbons (Fsp3) is 0.409. The number of hydrogen-bond acceptors (Lipinski definition) is 5. The number of benzene rings is 1. The average molecular weight is 393 g/mol. The van der Waals surface area contributed by atoms with Crippen molar-refractivity contribution in [3.8, 4) is 5.75 Å². The van der Waals surface area contributed by atoms with Crippen molar-refractivity contribution in [2.75, 3.05) is 19.8 Å². The van der Waals surface area contributed by atoms with Crippen molar-refractivity contribution in [3.05, 3.63) is 59.9 Å². The largest absolute Gasteiger partial charge is 0.491 e. The molecule has 2 amide bonds. The van der Waals surface area contributed by atoms with Gasteiger partial charge < -0.3 is 19.3 Å². The van der Waals surface area contributed by atoms with Gasteiger partial charge in [0, 0.05) is 30.5 Å². The molecule has 5 rings (SSSR count). The third-order valence-electron chi connectivity index (χ3n) is 5.73. The van der Waals surface area contributed by atoms with Crippen LogP contribution in [-0.2, 0) is 20.9 Å². The maximum atomic E-state index is 13.6. The molecule has 1 aromatic heterocycles. The fourth-order valence-electron chi connectivity index (χ4n) is 4.20. The first-order chi connectivity index (χ1) is 14.2. The molecule has 1 saturated carbocycles. The number of hydrogen-bond donors (Lipinski definition) is 0. The molecule has 2 fully saturated rings. The summed E-state index contributed by atoms with van der Waals surface area (Å²) in [4.78, 5) is 34.1. The summed E-state index contributed by atoms with van der Waals surface area (Å²) in [6, 6.07) is 11.2. The number of pyridine rings is 1. The molecule has 0 N–H and O–H groups in total. The maximum Gasteiger partial charge on any atom is 0.254 e. The number of para-hydroxylation sites is 1. The van der Waals surface area contributed by atoms with Crippen LogP contribution in [0.3, 0.4) is 0 Å². The molecule has 2 atom stereocenters. The van der Waals surface area contributed by atoms with E-state index in [9.17, 15) is 9.59 Å². The van der Waals surface area contributed by atoms with E-state index in [-0.39, 0.29) is 24.5 Å². The Morgan fingerprint density at radius 1 is 1.14 bits per heavy atom. The zero-order valence-corrected chi connectivity index (χ0v) is 16.1. The molecule has 0 spiro atoms. The zero-order valence-electron chi connectivity index (χ0n) is 16.1. The lowest BCUT2D eigenvalue weighted by atomic mass is 9.97.